The number of benzene rings is 1. The molecule has 0 aliphatic heterocycles. The Balaban J connectivity index is 2.94. The molecule has 0 saturated carbocycles. The summed E-state index contributed by atoms with van der Waals surface area (Å²) < 4.78 is 0. The smallest absolute Gasteiger partial charge is 0.282 e. The summed E-state index contributed by atoms with van der Waals surface area (Å²) in [6.45, 7) is 1.62. The van der Waals surface area contributed by atoms with Gasteiger partial charge < -0.3 is 21.0 Å². The molecule has 5 heteroatoms. The second kappa shape index (κ2) is 4.56. The number of carbonyl (C=O) groups excluding carboxylic acids is 2. The van der Waals surface area contributed by atoms with Gasteiger partial charge in [-0.05, 0) is 13.0 Å². The number of carboxylic acid groups (broad SMARTS) is 1. The number of aromatic carboxylic acids is 1. The molecule has 15 heavy (non-hydrogen) atoms. The van der Waals surface area contributed by atoms with Crippen molar-refractivity contribution < 1.29 is 20.4 Å². The number of carbonyl (C=O) groups is 2. The van der Waals surface area contributed by atoms with Crippen molar-refractivity contribution in [1.82, 2.24) is 0 Å². The van der Waals surface area contributed by atoms with Gasteiger partial charge in [-0.25, -0.2) is 0 Å². The van der Waals surface area contributed by atoms with Gasteiger partial charge >= 0.3 is 0 Å². The number of hydrogen-bond donors (Lipinski definition) is 2. The van der Waals surface area contributed by atoms with Gasteiger partial charge in [-0.2, -0.15) is 0 Å². The Hall–Kier alpha value is -1.88. The van der Waals surface area contributed by atoms with Crippen LogP contribution in [0.1, 0.15) is 17.3 Å². The topological polar surface area (TPSA) is 96.9 Å². The van der Waals surface area contributed by atoms with Crippen molar-refractivity contribution in [3.05, 3.63) is 29.8 Å². The lowest BCUT2D eigenvalue weighted by molar-refractivity contribution is -0.396. The molecule has 1 amide bonds. The van der Waals surface area contributed by atoms with E-state index in [1.165, 1.54) is 12.1 Å². The van der Waals surface area contributed by atoms with Gasteiger partial charge in [0.1, 0.15) is 0 Å². The second-order valence-electron chi connectivity index (χ2n) is 3.22. The molecule has 0 fully saturated rings. The van der Waals surface area contributed by atoms with Crippen molar-refractivity contribution >= 4 is 17.6 Å². The zero-order chi connectivity index (χ0) is 11.4. The lowest BCUT2D eigenvalue weighted by Gasteiger charge is -2.11. The Bertz CT molecular complexity index is 388. The fourth-order valence-electron chi connectivity index (χ4n) is 1.03. The van der Waals surface area contributed by atoms with Crippen molar-refractivity contribution in [2.24, 2.45) is 0 Å². The fourth-order valence-corrected chi connectivity index (χ4v) is 1.03. The highest BCUT2D eigenvalue weighted by molar-refractivity contribution is 6.00. The quantitative estimate of drug-likeness (QED) is 0.640. The Morgan fingerprint density at radius 1 is 1.40 bits per heavy atom. The lowest BCUT2D eigenvalue weighted by atomic mass is 10.1. The molecule has 1 rings (SSSR count). The fraction of sp³-hybridized carbons (Fsp3) is 0.200. The van der Waals surface area contributed by atoms with Crippen LogP contribution in [-0.2, 0) is 4.79 Å². The minimum absolute atomic E-state index is 0.0356. The molecule has 0 bridgehead atoms. The number of rotatable bonds is 3. The maximum absolute atomic E-state index is 11.3. The first-order chi connectivity index (χ1) is 7.02. The molecular formula is C10H12N2O3. The van der Waals surface area contributed by atoms with Crippen molar-refractivity contribution in [2.75, 3.05) is 5.32 Å². The predicted octanol–water partition coefficient (Wildman–Crippen LogP) is -1.38. The van der Waals surface area contributed by atoms with Gasteiger partial charge in [-0.1, -0.05) is 18.2 Å². The molecule has 1 aromatic carbocycles. The normalized spacial score (nSPS) is 11.9. The van der Waals surface area contributed by atoms with E-state index >= 15 is 0 Å². The van der Waals surface area contributed by atoms with Crippen LogP contribution in [0.4, 0.5) is 5.69 Å². The Kier molecular flexibility index (Phi) is 3.41. The van der Waals surface area contributed by atoms with Crippen molar-refractivity contribution in [3.8, 4) is 0 Å². The zero-order valence-electron chi connectivity index (χ0n) is 8.32. The number of carboxylic acids is 1. The number of quaternary nitrogens is 1. The molecule has 0 radical (unpaired) electrons. The number of amides is 1. The van der Waals surface area contributed by atoms with Gasteiger partial charge in [-0.15, -0.1) is 0 Å². The first-order valence-corrected chi connectivity index (χ1v) is 4.46. The number of nitrogens with one attached hydrogen (secondary N) is 1. The van der Waals surface area contributed by atoms with E-state index in [4.69, 9.17) is 0 Å². The first kappa shape index (κ1) is 11.2. The molecule has 5 nitrogen and oxygen atoms in total. The third-order valence-corrected chi connectivity index (χ3v) is 1.85. The average Bonchev–Trinajstić information content (AvgIpc) is 2.18. The van der Waals surface area contributed by atoms with Crippen molar-refractivity contribution in [3.63, 3.8) is 0 Å². The van der Waals surface area contributed by atoms with Gasteiger partial charge in [0.05, 0.1) is 11.7 Å². The molecule has 4 N–H and O–H groups in total. The molecule has 0 spiro atoms. The van der Waals surface area contributed by atoms with Crippen LogP contribution in [0.25, 0.3) is 0 Å². The highest BCUT2D eigenvalue weighted by Crippen LogP contribution is 2.13. The van der Waals surface area contributed by atoms with Crippen LogP contribution in [-0.4, -0.2) is 17.9 Å². The summed E-state index contributed by atoms with van der Waals surface area (Å²) in [7, 11) is 0. The van der Waals surface area contributed by atoms with Gasteiger partial charge in [0.2, 0.25) is 0 Å². The molecule has 0 saturated heterocycles. The summed E-state index contributed by atoms with van der Waals surface area (Å²) in [5, 5.41) is 13.2. The van der Waals surface area contributed by atoms with Crippen molar-refractivity contribution in [2.45, 2.75) is 13.0 Å². The molecule has 0 aliphatic rings. The van der Waals surface area contributed by atoms with E-state index in [0.29, 0.717) is 0 Å². The summed E-state index contributed by atoms with van der Waals surface area (Å²) in [5.41, 5.74) is 3.73. The van der Waals surface area contributed by atoms with Crippen LogP contribution in [0.15, 0.2) is 24.3 Å². The van der Waals surface area contributed by atoms with E-state index in [9.17, 15) is 14.7 Å². The highest BCUT2D eigenvalue weighted by Gasteiger charge is 2.12. The van der Waals surface area contributed by atoms with E-state index in [2.05, 4.69) is 11.1 Å². The number of para-hydroxylation sites is 1. The van der Waals surface area contributed by atoms with E-state index in [-0.39, 0.29) is 17.2 Å². The van der Waals surface area contributed by atoms with Crippen LogP contribution >= 0.6 is 0 Å². The summed E-state index contributed by atoms with van der Waals surface area (Å²) in [4.78, 5) is 22.0. The molecule has 1 aromatic rings. The van der Waals surface area contributed by atoms with Gasteiger partial charge in [0, 0.05) is 5.56 Å². The predicted molar refractivity (Wildman–Crippen MR) is 51.8 cm³/mol. The molecule has 0 aromatic heterocycles. The summed E-state index contributed by atoms with van der Waals surface area (Å²) in [6, 6.07) is 5.63. The monoisotopic (exact) mass is 208 g/mol. The Morgan fingerprint density at radius 3 is 2.53 bits per heavy atom. The lowest BCUT2D eigenvalue weighted by Crippen LogP contribution is -2.64. The standard InChI is InChI=1S/C10H12N2O3/c1-6(11)9(13)12-8-5-3-2-4-7(8)10(14)15/h2-6H,11H2,1H3,(H,12,13)(H,14,15). The maximum atomic E-state index is 11.3. The number of hydrogen-bond acceptors (Lipinski definition) is 3. The minimum Gasteiger partial charge on any atom is -0.545 e. The minimum atomic E-state index is -1.32. The number of anilines is 1. The van der Waals surface area contributed by atoms with Gasteiger partial charge in [-0.3, -0.25) is 4.79 Å². The molecular weight excluding hydrogens is 196 g/mol. The van der Waals surface area contributed by atoms with Crippen LogP contribution < -0.4 is 16.2 Å². The third-order valence-electron chi connectivity index (χ3n) is 1.85. The highest BCUT2D eigenvalue weighted by atomic mass is 16.4. The molecule has 80 valence electrons. The summed E-state index contributed by atoms with van der Waals surface area (Å²) in [6.07, 6.45) is 0. The first-order valence-electron chi connectivity index (χ1n) is 4.46. The Morgan fingerprint density at radius 2 is 2.00 bits per heavy atom. The second-order valence-corrected chi connectivity index (χ2v) is 3.22. The SMILES string of the molecule is CC([NH3+])C(=O)Nc1ccccc1C(=O)[O-]. The van der Waals surface area contributed by atoms with Crippen molar-refractivity contribution in [1.29, 1.82) is 0 Å². The third kappa shape index (κ3) is 2.78. The molecule has 1 atom stereocenters. The van der Waals surface area contributed by atoms with Gasteiger partial charge in [0.15, 0.2) is 6.04 Å². The zero-order valence-corrected chi connectivity index (χ0v) is 8.32. The molecule has 0 heterocycles. The van der Waals surface area contributed by atoms with Crippen LogP contribution in [0.3, 0.4) is 0 Å². The van der Waals surface area contributed by atoms with E-state index in [1.54, 1.807) is 19.1 Å². The largest absolute Gasteiger partial charge is 0.545 e. The molecule has 1 unspecified atom stereocenters. The van der Waals surface area contributed by atoms with E-state index < -0.39 is 12.0 Å². The van der Waals surface area contributed by atoms with Gasteiger partial charge in [0.25, 0.3) is 5.91 Å². The summed E-state index contributed by atoms with van der Waals surface area (Å²) >= 11 is 0. The van der Waals surface area contributed by atoms with E-state index in [1.807, 2.05) is 0 Å². The Labute approximate surface area is 86.9 Å². The average molecular weight is 208 g/mol. The van der Waals surface area contributed by atoms with Crippen LogP contribution in [0, 0.1) is 0 Å². The molecule has 0 aliphatic carbocycles. The van der Waals surface area contributed by atoms with Crippen LogP contribution in [0.2, 0.25) is 0 Å². The van der Waals surface area contributed by atoms with Crippen LogP contribution in [0.5, 0.6) is 0 Å². The summed E-state index contributed by atoms with van der Waals surface area (Å²) in [5.74, 6) is -1.65. The maximum Gasteiger partial charge on any atom is 0.282 e. The van der Waals surface area contributed by atoms with E-state index in [0.717, 1.165) is 0 Å².